The SMILES string of the molecule is FC(F)(F)c1ccc(N2CCC[C@H]3CCCCC32)c(NC(=S)c2ccncc2)c1. The third kappa shape index (κ3) is 4.39. The Bertz CT molecular complexity index is 867. The van der Waals surface area contributed by atoms with E-state index in [1.165, 1.54) is 37.8 Å². The first-order valence-electron chi connectivity index (χ1n) is 10.1. The number of piperidine rings is 1. The molecule has 0 radical (unpaired) electrons. The third-order valence-electron chi connectivity index (χ3n) is 6.07. The first kappa shape index (κ1) is 20.1. The number of nitrogens with zero attached hydrogens (tertiary/aromatic N) is 2. The van der Waals surface area contributed by atoms with Crippen LogP contribution in [0.15, 0.2) is 42.7 Å². The van der Waals surface area contributed by atoms with E-state index in [-0.39, 0.29) is 0 Å². The van der Waals surface area contributed by atoms with Crippen molar-refractivity contribution < 1.29 is 13.2 Å². The van der Waals surface area contributed by atoms with E-state index in [0.29, 0.717) is 22.6 Å². The van der Waals surface area contributed by atoms with Gasteiger partial charge >= 0.3 is 6.18 Å². The Morgan fingerprint density at radius 1 is 1.03 bits per heavy atom. The maximum atomic E-state index is 13.4. The predicted octanol–water partition coefficient (Wildman–Crippen LogP) is 6.05. The van der Waals surface area contributed by atoms with E-state index in [1.54, 1.807) is 30.6 Å². The molecule has 1 aromatic heterocycles. The molecule has 2 atom stereocenters. The lowest BCUT2D eigenvalue weighted by Crippen LogP contribution is -2.47. The molecule has 1 aliphatic carbocycles. The number of hydrogen-bond donors (Lipinski definition) is 1. The van der Waals surface area contributed by atoms with Crippen molar-refractivity contribution in [3.05, 3.63) is 53.9 Å². The van der Waals surface area contributed by atoms with E-state index in [4.69, 9.17) is 12.2 Å². The minimum absolute atomic E-state index is 0.393. The van der Waals surface area contributed by atoms with E-state index in [1.807, 2.05) is 0 Å². The van der Waals surface area contributed by atoms with Crippen LogP contribution in [-0.2, 0) is 6.18 Å². The molecule has 1 aromatic carbocycles. The molecule has 1 N–H and O–H groups in total. The smallest absolute Gasteiger partial charge is 0.367 e. The van der Waals surface area contributed by atoms with E-state index in [2.05, 4.69) is 15.2 Å². The van der Waals surface area contributed by atoms with Crippen molar-refractivity contribution in [1.82, 2.24) is 4.98 Å². The lowest BCUT2D eigenvalue weighted by atomic mass is 9.78. The van der Waals surface area contributed by atoms with Gasteiger partial charge in [0.05, 0.1) is 16.9 Å². The predicted molar refractivity (Wildman–Crippen MR) is 113 cm³/mol. The van der Waals surface area contributed by atoms with Gasteiger partial charge in [-0.05, 0) is 61.9 Å². The van der Waals surface area contributed by atoms with Crippen molar-refractivity contribution in [2.75, 3.05) is 16.8 Å². The lowest BCUT2D eigenvalue weighted by Gasteiger charge is -2.46. The summed E-state index contributed by atoms with van der Waals surface area (Å²) in [5.74, 6) is 0.625. The average molecular weight is 420 g/mol. The van der Waals surface area contributed by atoms with Crippen LogP contribution in [0, 0.1) is 5.92 Å². The molecular weight excluding hydrogens is 395 g/mol. The summed E-state index contributed by atoms with van der Waals surface area (Å²) in [5.41, 5.74) is 1.30. The molecule has 2 fully saturated rings. The Kier molecular flexibility index (Phi) is 5.76. The van der Waals surface area contributed by atoms with Crippen LogP contribution in [0.1, 0.15) is 49.7 Å². The van der Waals surface area contributed by atoms with Crippen molar-refractivity contribution in [1.29, 1.82) is 0 Å². The summed E-state index contributed by atoms with van der Waals surface area (Å²) in [7, 11) is 0. The minimum Gasteiger partial charge on any atom is -0.367 e. The molecule has 1 unspecified atom stereocenters. The zero-order valence-corrected chi connectivity index (χ0v) is 16.9. The number of halogens is 3. The summed E-state index contributed by atoms with van der Waals surface area (Å²) in [6, 6.07) is 7.88. The Hall–Kier alpha value is -2.15. The second-order valence-corrected chi connectivity index (χ2v) is 8.28. The molecule has 7 heteroatoms. The maximum Gasteiger partial charge on any atom is 0.416 e. The fourth-order valence-corrected chi connectivity index (χ4v) is 4.93. The normalized spacial score (nSPS) is 22.1. The zero-order valence-electron chi connectivity index (χ0n) is 16.1. The van der Waals surface area contributed by atoms with Crippen molar-refractivity contribution >= 4 is 28.6 Å². The van der Waals surface area contributed by atoms with Crippen molar-refractivity contribution in [3.63, 3.8) is 0 Å². The molecule has 29 heavy (non-hydrogen) atoms. The first-order valence-corrected chi connectivity index (χ1v) is 10.5. The fourth-order valence-electron chi connectivity index (χ4n) is 4.68. The molecule has 3 nitrogen and oxygen atoms in total. The van der Waals surface area contributed by atoms with Gasteiger partial charge in [0.25, 0.3) is 0 Å². The van der Waals surface area contributed by atoms with Gasteiger partial charge in [0.2, 0.25) is 0 Å². The summed E-state index contributed by atoms with van der Waals surface area (Å²) in [4.78, 5) is 6.68. The molecule has 1 saturated heterocycles. The highest BCUT2D eigenvalue weighted by Gasteiger charge is 2.36. The number of aromatic nitrogens is 1. The molecule has 2 aromatic rings. The molecule has 4 rings (SSSR count). The number of benzene rings is 1. The Labute approximate surface area is 174 Å². The zero-order chi connectivity index (χ0) is 20.4. The largest absolute Gasteiger partial charge is 0.416 e. The van der Waals surface area contributed by atoms with Crippen LogP contribution in [-0.4, -0.2) is 22.6 Å². The van der Waals surface area contributed by atoms with Crippen molar-refractivity contribution in [2.45, 2.75) is 50.7 Å². The molecule has 1 aliphatic heterocycles. The Morgan fingerprint density at radius 2 is 1.76 bits per heavy atom. The molecule has 0 spiro atoms. The Balaban J connectivity index is 1.70. The summed E-state index contributed by atoms with van der Waals surface area (Å²) >= 11 is 5.48. The summed E-state index contributed by atoms with van der Waals surface area (Å²) in [6.45, 7) is 0.864. The molecule has 0 amide bonds. The number of hydrogen-bond acceptors (Lipinski definition) is 3. The summed E-state index contributed by atoms with van der Waals surface area (Å²) in [5, 5.41) is 3.09. The fraction of sp³-hybridized carbons (Fsp3) is 0.455. The van der Waals surface area contributed by atoms with Gasteiger partial charge in [0, 0.05) is 30.5 Å². The maximum absolute atomic E-state index is 13.4. The monoisotopic (exact) mass is 419 g/mol. The van der Waals surface area contributed by atoms with E-state index < -0.39 is 11.7 Å². The van der Waals surface area contributed by atoms with Crippen LogP contribution in [0.25, 0.3) is 0 Å². The third-order valence-corrected chi connectivity index (χ3v) is 6.41. The molecule has 1 saturated carbocycles. The van der Waals surface area contributed by atoms with E-state index >= 15 is 0 Å². The number of anilines is 2. The number of fused-ring (bicyclic) bond motifs is 1. The number of pyridine rings is 1. The Morgan fingerprint density at radius 3 is 2.52 bits per heavy atom. The van der Waals surface area contributed by atoms with Gasteiger partial charge in [-0.1, -0.05) is 25.1 Å². The average Bonchev–Trinajstić information content (AvgIpc) is 2.73. The van der Waals surface area contributed by atoms with Gasteiger partial charge < -0.3 is 10.2 Å². The topological polar surface area (TPSA) is 28.2 Å². The first-order chi connectivity index (χ1) is 13.9. The molecule has 2 heterocycles. The summed E-state index contributed by atoms with van der Waals surface area (Å²) in [6.07, 6.45) is 5.84. The van der Waals surface area contributed by atoms with Gasteiger partial charge in [0.15, 0.2) is 0 Å². The van der Waals surface area contributed by atoms with Gasteiger partial charge in [-0.25, -0.2) is 0 Å². The number of alkyl halides is 3. The number of thiocarbonyl (C=S) groups is 1. The van der Waals surface area contributed by atoms with Gasteiger partial charge in [-0.15, -0.1) is 0 Å². The van der Waals surface area contributed by atoms with E-state index in [0.717, 1.165) is 30.6 Å². The van der Waals surface area contributed by atoms with Crippen LogP contribution < -0.4 is 10.2 Å². The molecule has 154 valence electrons. The van der Waals surface area contributed by atoms with Crippen LogP contribution in [0.5, 0.6) is 0 Å². The summed E-state index contributed by atoms with van der Waals surface area (Å²) < 4.78 is 40.2. The van der Waals surface area contributed by atoms with Crippen LogP contribution >= 0.6 is 12.2 Å². The number of nitrogens with one attached hydrogen (secondary N) is 1. The molecule has 2 aliphatic rings. The highest BCUT2D eigenvalue weighted by Crippen LogP contribution is 2.42. The van der Waals surface area contributed by atoms with Crippen LogP contribution in [0.3, 0.4) is 0 Å². The highest BCUT2D eigenvalue weighted by molar-refractivity contribution is 7.81. The van der Waals surface area contributed by atoms with E-state index in [9.17, 15) is 13.2 Å². The van der Waals surface area contributed by atoms with Crippen molar-refractivity contribution in [2.24, 2.45) is 5.92 Å². The van der Waals surface area contributed by atoms with Crippen molar-refractivity contribution in [3.8, 4) is 0 Å². The van der Waals surface area contributed by atoms with Gasteiger partial charge in [-0.2, -0.15) is 13.2 Å². The molecular formula is C22H24F3N3S. The van der Waals surface area contributed by atoms with Crippen LogP contribution in [0.4, 0.5) is 24.5 Å². The van der Waals surface area contributed by atoms with Gasteiger partial charge in [0.1, 0.15) is 4.99 Å². The number of rotatable bonds is 3. The standard InChI is InChI=1S/C22H24F3N3S/c23-22(24,25)17-7-8-20(28-13-3-5-15-4-1-2-6-19(15)28)18(14-17)27-21(29)16-9-11-26-12-10-16/h7-12,14-15,19H,1-6,13H2,(H,27,29)/t15-,19?/m1/s1. The van der Waals surface area contributed by atoms with Crippen LogP contribution in [0.2, 0.25) is 0 Å². The quantitative estimate of drug-likeness (QED) is 0.614. The van der Waals surface area contributed by atoms with Gasteiger partial charge in [-0.3, -0.25) is 4.98 Å². The highest BCUT2D eigenvalue weighted by atomic mass is 32.1. The second kappa shape index (κ2) is 8.30. The lowest BCUT2D eigenvalue weighted by molar-refractivity contribution is -0.137. The minimum atomic E-state index is -4.40. The second-order valence-electron chi connectivity index (χ2n) is 7.87. The molecule has 0 bridgehead atoms.